The van der Waals surface area contributed by atoms with Crippen LogP contribution in [0, 0.1) is 11.3 Å². The summed E-state index contributed by atoms with van der Waals surface area (Å²) in [5.74, 6) is 0. The summed E-state index contributed by atoms with van der Waals surface area (Å²) in [4.78, 5) is 21.8. The zero-order valence-corrected chi connectivity index (χ0v) is 21.6. The first kappa shape index (κ1) is 25.2. The van der Waals surface area contributed by atoms with Gasteiger partial charge in [-0.15, -0.1) is 10.2 Å². The van der Waals surface area contributed by atoms with Crippen LogP contribution in [0.1, 0.15) is 24.3 Å². The van der Waals surface area contributed by atoms with E-state index in [-0.39, 0.29) is 15.9 Å². The molecule has 0 aromatic carbocycles. The van der Waals surface area contributed by atoms with Gasteiger partial charge in [-0.3, -0.25) is 4.40 Å². The van der Waals surface area contributed by atoms with Crippen LogP contribution in [-0.4, -0.2) is 89.6 Å². The standard InChI is InChI=1S/C21H23F2N9O3S2/c1-29(2)20(33)31-7-5-30(6-8-31)14-9-13(37(34,35)28-21(12-24)3-4-21)11-32-15(10-25-17(14)32)18-26-27-19(36-18)16(22)23/h9-11,16,28H,3-8H2,1-2H3. The minimum Gasteiger partial charge on any atom is -0.365 e. The van der Waals surface area contributed by atoms with E-state index in [0.717, 1.165) is 0 Å². The summed E-state index contributed by atoms with van der Waals surface area (Å²) in [6.07, 6.45) is 0.811. The van der Waals surface area contributed by atoms with Crippen molar-refractivity contribution in [2.45, 2.75) is 29.7 Å². The molecular weight excluding hydrogens is 528 g/mol. The molecule has 12 nitrogen and oxygen atoms in total. The fraction of sp³-hybridized carbons (Fsp3) is 0.476. The van der Waals surface area contributed by atoms with Crippen molar-refractivity contribution in [3.05, 3.63) is 23.5 Å². The Morgan fingerprint density at radius 2 is 1.95 bits per heavy atom. The van der Waals surface area contributed by atoms with Crippen LogP contribution < -0.4 is 9.62 Å². The fourth-order valence-electron chi connectivity index (χ4n) is 4.11. The molecule has 4 heterocycles. The highest BCUT2D eigenvalue weighted by molar-refractivity contribution is 7.89. The highest BCUT2D eigenvalue weighted by Gasteiger charge is 2.47. The highest BCUT2D eigenvalue weighted by Crippen LogP contribution is 2.37. The van der Waals surface area contributed by atoms with E-state index >= 15 is 0 Å². The number of alkyl halides is 2. The largest absolute Gasteiger partial charge is 0.365 e. The summed E-state index contributed by atoms with van der Waals surface area (Å²) in [6.45, 7) is 1.67. The molecule has 0 unspecified atom stereocenters. The maximum Gasteiger partial charge on any atom is 0.319 e. The molecule has 2 amide bonds. The summed E-state index contributed by atoms with van der Waals surface area (Å²) in [5.41, 5.74) is 0.0681. The van der Waals surface area contributed by atoms with E-state index in [2.05, 4.69) is 19.9 Å². The zero-order valence-electron chi connectivity index (χ0n) is 19.9. The molecular formula is C21H23F2N9O3S2. The van der Waals surface area contributed by atoms with Crippen molar-refractivity contribution in [3.8, 4) is 16.8 Å². The number of carbonyl (C=O) groups is 1. The minimum absolute atomic E-state index is 0.110. The van der Waals surface area contributed by atoms with Crippen molar-refractivity contribution < 1.29 is 22.0 Å². The topological polar surface area (TPSA) is 140 Å². The molecule has 5 rings (SSSR count). The Kier molecular flexibility index (Phi) is 6.24. The SMILES string of the molecule is CN(C)C(=O)N1CCN(c2cc(S(=O)(=O)NC3(C#N)CC3)cn3c(-c4nnc(C(F)F)s4)cnc23)CC1. The smallest absolute Gasteiger partial charge is 0.319 e. The third-order valence-corrected chi connectivity index (χ3v) is 8.74. The number of rotatable bonds is 6. The van der Waals surface area contributed by atoms with Crippen molar-refractivity contribution >= 4 is 38.7 Å². The van der Waals surface area contributed by atoms with Gasteiger partial charge in [0.1, 0.15) is 16.1 Å². The Bertz CT molecular complexity index is 1500. The zero-order chi connectivity index (χ0) is 26.5. The molecule has 0 spiro atoms. The average Bonchev–Trinajstić information content (AvgIpc) is 3.26. The van der Waals surface area contributed by atoms with Crippen molar-refractivity contribution in [2.24, 2.45) is 0 Å². The normalized spacial score (nSPS) is 17.3. The summed E-state index contributed by atoms with van der Waals surface area (Å²) in [6, 6.07) is 3.38. The van der Waals surface area contributed by atoms with E-state index in [9.17, 15) is 27.3 Å². The minimum atomic E-state index is -4.11. The number of anilines is 1. The van der Waals surface area contributed by atoms with Crippen LogP contribution in [-0.2, 0) is 10.0 Å². The molecule has 1 saturated heterocycles. The van der Waals surface area contributed by atoms with Gasteiger partial charge in [0.15, 0.2) is 15.7 Å². The Labute approximate surface area is 215 Å². The number of urea groups is 1. The number of hydrogen-bond acceptors (Lipinski definition) is 9. The third kappa shape index (κ3) is 4.69. The molecule has 1 N–H and O–H groups in total. The van der Waals surface area contributed by atoms with E-state index in [1.165, 1.54) is 27.8 Å². The fourth-order valence-corrected chi connectivity index (χ4v) is 6.21. The van der Waals surface area contributed by atoms with Gasteiger partial charge >= 0.3 is 6.03 Å². The lowest BCUT2D eigenvalue weighted by Gasteiger charge is -2.37. The third-order valence-electron chi connectivity index (χ3n) is 6.29. The number of halogens is 2. The van der Waals surface area contributed by atoms with Gasteiger partial charge < -0.3 is 14.7 Å². The highest BCUT2D eigenvalue weighted by atomic mass is 32.2. The van der Waals surface area contributed by atoms with Gasteiger partial charge in [0.2, 0.25) is 10.0 Å². The molecule has 3 aromatic rings. The maximum atomic E-state index is 13.3. The van der Waals surface area contributed by atoms with E-state index in [4.69, 9.17) is 0 Å². The molecule has 0 atom stereocenters. The number of hydrogen-bond donors (Lipinski definition) is 1. The second kappa shape index (κ2) is 9.15. The number of piperazine rings is 1. The number of nitrogens with zero attached hydrogens (tertiary/aromatic N) is 8. The molecule has 3 aromatic heterocycles. The number of nitrogens with one attached hydrogen (secondary N) is 1. The monoisotopic (exact) mass is 551 g/mol. The predicted molar refractivity (Wildman–Crippen MR) is 130 cm³/mol. The second-order valence-electron chi connectivity index (χ2n) is 9.09. The van der Waals surface area contributed by atoms with Gasteiger partial charge in [-0.1, -0.05) is 11.3 Å². The van der Waals surface area contributed by atoms with Crippen LogP contribution in [0.3, 0.4) is 0 Å². The molecule has 1 saturated carbocycles. The molecule has 196 valence electrons. The van der Waals surface area contributed by atoms with Crippen LogP contribution in [0.25, 0.3) is 16.3 Å². The Morgan fingerprint density at radius 3 is 2.51 bits per heavy atom. The number of fused-ring (bicyclic) bond motifs is 1. The first-order valence-electron chi connectivity index (χ1n) is 11.3. The first-order valence-corrected chi connectivity index (χ1v) is 13.6. The van der Waals surface area contributed by atoms with Gasteiger partial charge in [-0.25, -0.2) is 27.0 Å². The van der Waals surface area contributed by atoms with Crippen molar-refractivity contribution in [1.82, 2.24) is 34.1 Å². The second-order valence-corrected chi connectivity index (χ2v) is 11.8. The summed E-state index contributed by atoms with van der Waals surface area (Å²) >= 11 is 0.695. The van der Waals surface area contributed by atoms with Crippen LogP contribution in [0.4, 0.5) is 19.3 Å². The van der Waals surface area contributed by atoms with Crippen LogP contribution in [0.2, 0.25) is 0 Å². The van der Waals surface area contributed by atoms with Crippen molar-refractivity contribution in [1.29, 1.82) is 5.26 Å². The number of amides is 2. The Hall–Kier alpha value is -3.42. The molecule has 2 fully saturated rings. The van der Waals surface area contributed by atoms with Gasteiger partial charge in [0, 0.05) is 46.5 Å². The number of sulfonamides is 1. The molecule has 1 aliphatic heterocycles. The van der Waals surface area contributed by atoms with Gasteiger partial charge in [-0.05, 0) is 18.9 Å². The maximum absolute atomic E-state index is 13.3. The van der Waals surface area contributed by atoms with Gasteiger partial charge in [0.25, 0.3) is 6.43 Å². The average molecular weight is 552 g/mol. The summed E-state index contributed by atoms with van der Waals surface area (Å²) < 4.78 is 56.9. The molecule has 1 aliphatic carbocycles. The molecule has 0 bridgehead atoms. The van der Waals surface area contributed by atoms with Gasteiger partial charge in [0.05, 0.1) is 18.0 Å². The van der Waals surface area contributed by atoms with Crippen LogP contribution in [0.15, 0.2) is 23.4 Å². The molecule has 2 aliphatic rings. The van der Waals surface area contributed by atoms with E-state index < -0.39 is 27.0 Å². The van der Waals surface area contributed by atoms with Crippen molar-refractivity contribution in [3.63, 3.8) is 0 Å². The lowest BCUT2D eigenvalue weighted by atomic mass is 10.2. The Balaban J connectivity index is 1.57. The number of aromatic nitrogens is 4. The first-order chi connectivity index (χ1) is 17.5. The summed E-state index contributed by atoms with van der Waals surface area (Å²) in [5, 5.41) is 16.5. The Morgan fingerprint density at radius 1 is 1.24 bits per heavy atom. The molecule has 37 heavy (non-hydrogen) atoms. The molecule has 0 radical (unpaired) electrons. The quantitative estimate of drug-likeness (QED) is 0.490. The number of pyridine rings is 1. The number of imidazole rings is 1. The summed E-state index contributed by atoms with van der Waals surface area (Å²) in [7, 11) is -0.766. The van der Waals surface area contributed by atoms with E-state index in [1.54, 1.807) is 19.0 Å². The lowest BCUT2D eigenvalue weighted by Crippen LogP contribution is -2.51. The lowest BCUT2D eigenvalue weighted by molar-refractivity contribution is 0.150. The molecule has 16 heteroatoms. The van der Waals surface area contributed by atoms with Crippen molar-refractivity contribution in [2.75, 3.05) is 45.2 Å². The van der Waals surface area contributed by atoms with E-state index in [0.29, 0.717) is 67.4 Å². The van der Waals surface area contributed by atoms with Gasteiger partial charge in [-0.2, -0.15) is 9.98 Å². The van der Waals surface area contributed by atoms with E-state index in [1.807, 2.05) is 11.0 Å². The van der Waals surface area contributed by atoms with Crippen LogP contribution in [0.5, 0.6) is 0 Å². The predicted octanol–water partition coefficient (Wildman–Crippen LogP) is 1.93. The number of nitriles is 1. The van der Waals surface area contributed by atoms with Crippen LogP contribution >= 0.6 is 11.3 Å². The number of carbonyl (C=O) groups excluding carboxylic acids is 1.